The smallest absolute Gasteiger partial charge is 0.340 e. The number of benzene rings is 1. The van der Waals surface area contributed by atoms with E-state index >= 15 is 0 Å². The van der Waals surface area contributed by atoms with Crippen LogP contribution in [0.15, 0.2) is 30.3 Å². The van der Waals surface area contributed by atoms with Crippen molar-refractivity contribution in [3.63, 3.8) is 0 Å². The summed E-state index contributed by atoms with van der Waals surface area (Å²) in [6, 6.07) is 8.71. The Bertz CT molecular complexity index is 416. The number of aliphatic hydroxyl groups excluding tert-OH is 1. The fourth-order valence-corrected chi connectivity index (χ4v) is 1.78. The molecule has 0 fully saturated rings. The SMILES string of the molecule is CCCCCCCCC(=O)C(O)C(=O)O.Oc1ccccc1. The standard InChI is InChI=1S/C11H20O4.C6H6O/c1-2-3-4-5-6-7-8-9(12)10(13)11(14)15;7-6-4-2-1-3-5-6/h10,13H,2-8H2,1H3,(H,14,15);1-5,7H. The summed E-state index contributed by atoms with van der Waals surface area (Å²) in [7, 11) is 0. The number of aliphatic carboxylic acids is 1. The molecule has 0 radical (unpaired) electrons. The summed E-state index contributed by atoms with van der Waals surface area (Å²) in [6.45, 7) is 2.13. The van der Waals surface area contributed by atoms with E-state index in [0.717, 1.165) is 19.3 Å². The number of unbranched alkanes of at least 4 members (excludes halogenated alkanes) is 5. The van der Waals surface area contributed by atoms with Gasteiger partial charge in [0.25, 0.3) is 0 Å². The molecule has 0 aliphatic heterocycles. The zero-order valence-electron chi connectivity index (χ0n) is 13.1. The van der Waals surface area contributed by atoms with Gasteiger partial charge in [0.1, 0.15) is 5.75 Å². The Labute approximate surface area is 131 Å². The minimum atomic E-state index is -1.83. The molecule has 0 bridgehead atoms. The highest BCUT2D eigenvalue weighted by Gasteiger charge is 2.21. The molecule has 0 aliphatic rings. The summed E-state index contributed by atoms with van der Waals surface area (Å²) in [6.07, 6.45) is 4.55. The molecule has 22 heavy (non-hydrogen) atoms. The number of carbonyl (C=O) groups is 2. The first-order valence-electron chi connectivity index (χ1n) is 7.66. The molecule has 1 atom stereocenters. The van der Waals surface area contributed by atoms with E-state index in [-0.39, 0.29) is 6.42 Å². The number of ketones is 1. The molecule has 5 heteroatoms. The Morgan fingerprint density at radius 1 is 1.00 bits per heavy atom. The van der Waals surface area contributed by atoms with Crippen molar-refractivity contribution in [1.29, 1.82) is 0 Å². The molecule has 3 N–H and O–H groups in total. The van der Waals surface area contributed by atoms with Gasteiger partial charge >= 0.3 is 5.97 Å². The van der Waals surface area contributed by atoms with Crippen LogP contribution in [0.3, 0.4) is 0 Å². The number of Topliss-reactive ketones (excluding diaryl/α,β-unsaturated/α-hetero) is 1. The van der Waals surface area contributed by atoms with E-state index in [1.54, 1.807) is 24.3 Å². The molecular formula is C17H26O5. The first-order valence-corrected chi connectivity index (χ1v) is 7.66. The van der Waals surface area contributed by atoms with Gasteiger partial charge in [0, 0.05) is 6.42 Å². The van der Waals surface area contributed by atoms with E-state index in [4.69, 9.17) is 15.3 Å². The Kier molecular flexibility index (Phi) is 11.7. The van der Waals surface area contributed by atoms with Gasteiger partial charge in [-0.25, -0.2) is 4.79 Å². The Morgan fingerprint density at radius 2 is 1.55 bits per heavy atom. The quantitative estimate of drug-likeness (QED) is 0.481. The van der Waals surface area contributed by atoms with E-state index in [2.05, 4.69) is 6.92 Å². The van der Waals surface area contributed by atoms with Gasteiger partial charge in [0.2, 0.25) is 6.10 Å². The molecule has 1 aromatic rings. The number of phenols is 1. The van der Waals surface area contributed by atoms with Crippen molar-refractivity contribution >= 4 is 11.8 Å². The van der Waals surface area contributed by atoms with Crippen LogP contribution in [0, 0.1) is 0 Å². The molecule has 0 aromatic heterocycles. The molecule has 1 aromatic carbocycles. The second kappa shape index (κ2) is 12.8. The number of carbonyl (C=O) groups excluding carboxylic acids is 1. The monoisotopic (exact) mass is 310 g/mol. The Balaban J connectivity index is 0.000000518. The second-order valence-electron chi connectivity index (χ2n) is 5.06. The zero-order chi connectivity index (χ0) is 16.8. The van der Waals surface area contributed by atoms with E-state index in [1.807, 2.05) is 6.07 Å². The second-order valence-corrected chi connectivity index (χ2v) is 5.06. The topological polar surface area (TPSA) is 94.8 Å². The lowest BCUT2D eigenvalue weighted by atomic mass is 10.1. The van der Waals surface area contributed by atoms with Crippen LogP contribution in [0.25, 0.3) is 0 Å². The summed E-state index contributed by atoms with van der Waals surface area (Å²) < 4.78 is 0. The maximum Gasteiger partial charge on any atom is 0.340 e. The van der Waals surface area contributed by atoms with Crippen molar-refractivity contribution in [2.45, 2.75) is 58.0 Å². The fraction of sp³-hybridized carbons (Fsp3) is 0.529. The third-order valence-electron chi connectivity index (χ3n) is 3.07. The van der Waals surface area contributed by atoms with Crippen LogP contribution in [0.4, 0.5) is 0 Å². The van der Waals surface area contributed by atoms with Crippen molar-refractivity contribution in [1.82, 2.24) is 0 Å². The van der Waals surface area contributed by atoms with Gasteiger partial charge in [-0.1, -0.05) is 57.2 Å². The van der Waals surface area contributed by atoms with E-state index in [1.165, 1.54) is 12.8 Å². The molecule has 0 amide bonds. The molecule has 0 spiro atoms. The molecule has 0 heterocycles. The lowest BCUT2D eigenvalue weighted by Gasteiger charge is -2.04. The number of hydrogen-bond donors (Lipinski definition) is 3. The molecule has 1 unspecified atom stereocenters. The molecule has 1 rings (SSSR count). The van der Waals surface area contributed by atoms with Crippen molar-refractivity contribution in [3.8, 4) is 5.75 Å². The first-order chi connectivity index (χ1) is 10.5. The van der Waals surface area contributed by atoms with Gasteiger partial charge in [-0.15, -0.1) is 0 Å². The predicted molar refractivity (Wildman–Crippen MR) is 84.7 cm³/mol. The number of phenolic OH excluding ortho intramolecular Hbond substituents is 1. The van der Waals surface area contributed by atoms with Crippen LogP contribution in [-0.2, 0) is 9.59 Å². The van der Waals surface area contributed by atoms with Crippen LogP contribution < -0.4 is 0 Å². The largest absolute Gasteiger partial charge is 0.508 e. The Morgan fingerprint density at radius 3 is 2.00 bits per heavy atom. The summed E-state index contributed by atoms with van der Waals surface area (Å²) in [5.74, 6) is -1.72. The summed E-state index contributed by atoms with van der Waals surface area (Å²) in [5, 5.41) is 25.9. The molecule has 0 saturated carbocycles. The third-order valence-corrected chi connectivity index (χ3v) is 3.07. The van der Waals surface area contributed by atoms with E-state index in [0.29, 0.717) is 12.2 Å². The van der Waals surface area contributed by atoms with Gasteiger partial charge in [-0.05, 0) is 18.6 Å². The van der Waals surface area contributed by atoms with Crippen molar-refractivity contribution in [2.75, 3.05) is 0 Å². The minimum absolute atomic E-state index is 0.166. The van der Waals surface area contributed by atoms with Crippen LogP contribution in [0.1, 0.15) is 51.9 Å². The van der Waals surface area contributed by atoms with Crippen molar-refractivity contribution < 1.29 is 24.9 Å². The summed E-state index contributed by atoms with van der Waals surface area (Å²) in [4.78, 5) is 21.3. The molecule has 0 saturated heterocycles. The summed E-state index contributed by atoms with van der Waals surface area (Å²) in [5.41, 5.74) is 0. The average Bonchev–Trinajstić information content (AvgIpc) is 2.51. The van der Waals surface area contributed by atoms with Crippen LogP contribution in [0.2, 0.25) is 0 Å². The lowest BCUT2D eigenvalue weighted by molar-refractivity contribution is -0.152. The van der Waals surface area contributed by atoms with Gasteiger partial charge in [0.15, 0.2) is 5.78 Å². The van der Waals surface area contributed by atoms with Gasteiger partial charge in [-0.2, -0.15) is 0 Å². The number of aliphatic hydroxyl groups is 1. The molecular weight excluding hydrogens is 284 g/mol. The molecule has 0 aliphatic carbocycles. The van der Waals surface area contributed by atoms with Crippen molar-refractivity contribution in [3.05, 3.63) is 30.3 Å². The van der Waals surface area contributed by atoms with Gasteiger partial charge < -0.3 is 15.3 Å². The Hall–Kier alpha value is -1.88. The maximum absolute atomic E-state index is 11.0. The predicted octanol–water partition coefficient (Wildman–Crippen LogP) is 3.14. The zero-order valence-corrected chi connectivity index (χ0v) is 13.1. The highest BCUT2D eigenvalue weighted by Crippen LogP contribution is 2.08. The normalized spacial score (nSPS) is 11.2. The van der Waals surface area contributed by atoms with Gasteiger partial charge in [0.05, 0.1) is 0 Å². The maximum atomic E-state index is 11.0. The lowest BCUT2D eigenvalue weighted by Crippen LogP contribution is -2.29. The van der Waals surface area contributed by atoms with Crippen LogP contribution in [-0.4, -0.2) is 33.2 Å². The fourth-order valence-electron chi connectivity index (χ4n) is 1.78. The van der Waals surface area contributed by atoms with Crippen LogP contribution in [0.5, 0.6) is 5.75 Å². The summed E-state index contributed by atoms with van der Waals surface area (Å²) >= 11 is 0. The number of aromatic hydroxyl groups is 1. The number of carboxylic acid groups (broad SMARTS) is 1. The van der Waals surface area contributed by atoms with E-state index in [9.17, 15) is 9.59 Å². The molecule has 5 nitrogen and oxygen atoms in total. The number of carboxylic acids is 1. The highest BCUT2D eigenvalue weighted by molar-refractivity contribution is 6.00. The minimum Gasteiger partial charge on any atom is -0.508 e. The van der Waals surface area contributed by atoms with Crippen LogP contribution >= 0.6 is 0 Å². The first kappa shape index (κ1) is 20.1. The highest BCUT2D eigenvalue weighted by atomic mass is 16.4. The third kappa shape index (κ3) is 10.9. The number of para-hydroxylation sites is 1. The van der Waals surface area contributed by atoms with E-state index < -0.39 is 17.9 Å². The molecule has 124 valence electrons. The average molecular weight is 310 g/mol. The van der Waals surface area contributed by atoms with Gasteiger partial charge in [-0.3, -0.25) is 4.79 Å². The van der Waals surface area contributed by atoms with Crippen molar-refractivity contribution in [2.24, 2.45) is 0 Å². The number of hydrogen-bond acceptors (Lipinski definition) is 4. The number of rotatable bonds is 9.